The number of pyridine rings is 1. The number of benzene rings is 9. The van der Waals surface area contributed by atoms with Crippen LogP contribution >= 0.6 is 11.3 Å². The van der Waals surface area contributed by atoms with E-state index in [9.17, 15) is 7.13 Å². The first kappa shape index (κ1) is 47.6. The van der Waals surface area contributed by atoms with Crippen LogP contribution < -0.4 is 14.5 Å². The predicted molar refractivity (Wildman–Crippen MR) is 315 cm³/mol. The summed E-state index contributed by atoms with van der Waals surface area (Å²) in [7, 11) is 0. The largest absolute Gasteiger partial charge is 0.509 e. The number of thiophene rings is 1. The molecular formula is C69H54FN4OPtS-3. The van der Waals surface area contributed by atoms with Crippen molar-refractivity contribution in [3.63, 3.8) is 0 Å². The third-order valence-corrected chi connectivity index (χ3v) is 15.4. The summed E-state index contributed by atoms with van der Waals surface area (Å²) in [6.45, 7) is 14.7. The van der Waals surface area contributed by atoms with Gasteiger partial charge in [-0.25, -0.2) is 9.37 Å². The molecule has 0 saturated carbocycles. The molecule has 77 heavy (non-hydrogen) atoms. The second-order valence-electron chi connectivity index (χ2n) is 21.6. The summed E-state index contributed by atoms with van der Waals surface area (Å²) in [5.74, 6) is 1.15. The Balaban J connectivity index is 0.00000623. The molecule has 1 aliphatic rings. The Labute approximate surface area is 470 Å². The molecule has 1 aliphatic heterocycles. The maximum atomic E-state index is 14.3. The van der Waals surface area contributed by atoms with Crippen LogP contribution in [0, 0.1) is 30.0 Å². The normalized spacial score (nSPS) is 13.3. The van der Waals surface area contributed by atoms with Gasteiger partial charge in [-0.3, -0.25) is 0 Å². The fraction of sp³-hybridized carbons (Fsp3) is 0.130. The van der Waals surface area contributed by atoms with Gasteiger partial charge < -0.3 is 19.1 Å². The zero-order valence-corrected chi connectivity index (χ0v) is 46.5. The van der Waals surface area contributed by atoms with Crippen molar-refractivity contribution in [2.45, 2.75) is 53.3 Å². The van der Waals surface area contributed by atoms with Crippen molar-refractivity contribution in [1.82, 2.24) is 9.55 Å². The Bertz CT molecular complexity index is 4240. The minimum absolute atomic E-state index is 0. The van der Waals surface area contributed by atoms with Crippen molar-refractivity contribution in [2.75, 3.05) is 9.80 Å². The van der Waals surface area contributed by atoms with Crippen LogP contribution in [0.5, 0.6) is 11.5 Å². The molecule has 0 saturated heterocycles. The average molecular weight is 1200 g/mol. The van der Waals surface area contributed by atoms with Gasteiger partial charge in [-0.2, -0.15) is 12.1 Å². The molecule has 0 radical (unpaired) electrons. The van der Waals surface area contributed by atoms with Gasteiger partial charge in [0.2, 0.25) is 0 Å². The van der Waals surface area contributed by atoms with Crippen molar-refractivity contribution in [3.8, 4) is 50.7 Å². The first-order valence-corrected chi connectivity index (χ1v) is 26.5. The quantitative estimate of drug-likeness (QED) is 0.135. The third-order valence-electron chi connectivity index (χ3n) is 14.2. The predicted octanol–water partition coefficient (Wildman–Crippen LogP) is 19.4. The molecule has 0 N–H and O–H groups in total. The van der Waals surface area contributed by atoms with E-state index in [0.717, 1.165) is 76.9 Å². The molecule has 0 fully saturated rings. The van der Waals surface area contributed by atoms with Crippen LogP contribution in [0.1, 0.15) is 55.4 Å². The van der Waals surface area contributed by atoms with E-state index < -0.39 is 11.8 Å². The summed E-state index contributed by atoms with van der Waals surface area (Å²) in [4.78, 5) is 9.60. The van der Waals surface area contributed by atoms with Gasteiger partial charge in [0, 0.05) is 101 Å². The van der Waals surface area contributed by atoms with Gasteiger partial charge in [-0.1, -0.05) is 156 Å². The van der Waals surface area contributed by atoms with Crippen molar-refractivity contribution in [2.24, 2.45) is 5.41 Å². The second-order valence-corrected chi connectivity index (χ2v) is 22.6. The summed E-state index contributed by atoms with van der Waals surface area (Å²) in [6.07, 6.45) is -0.0985. The Morgan fingerprint density at radius 3 is 1.92 bits per heavy atom. The molecule has 0 amide bonds. The van der Waals surface area contributed by atoms with Crippen LogP contribution in [0.3, 0.4) is 0 Å². The van der Waals surface area contributed by atoms with Crippen molar-refractivity contribution < 1.29 is 32.9 Å². The molecule has 0 bridgehead atoms. The van der Waals surface area contributed by atoms with E-state index in [1.54, 1.807) is 29.7 Å². The SMILES string of the molecule is [2H]C([2H])(c1cc(-n2c3[c-]c(Oc4[c-]c(N5[CH-]N(c6c(-c7ccccc7)cc(C(C)(C)C)cc6-c6ccccc6)c6ccccc65)ccc4)ccc3c3c4sc5ccccc5c4ccc32)ncc1-c1ccc(F)cc1)C(C)(C)C.[Pt]. The van der Waals surface area contributed by atoms with E-state index in [1.165, 1.54) is 27.8 Å². The van der Waals surface area contributed by atoms with E-state index in [0.29, 0.717) is 34.0 Å². The Morgan fingerprint density at radius 1 is 0.610 bits per heavy atom. The molecule has 0 unspecified atom stereocenters. The Kier molecular flexibility index (Phi) is 12.1. The molecule has 3 aromatic heterocycles. The Hall–Kier alpha value is -7.83. The van der Waals surface area contributed by atoms with Gasteiger partial charge >= 0.3 is 0 Å². The van der Waals surface area contributed by atoms with Crippen molar-refractivity contribution in [1.29, 1.82) is 0 Å². The summed E-state index contributed by atoms with van der Waals surface area (Å²) in [5.41, 5.74) is 12.2. The number of anilines is 4. The topological polar surface area (TPSA) is 33.5 Å². The minimum atomic E-state index is -1.82. The van der Waals surface area contributed by atoms with Crippen LogP contribution in [0.25, 0.3) is 81.2 Å². The molecule has 382 valence electrons. The molecular weight excluding hydrogens is 1150 g/mol. The molecule has 13 rings (SSSR count). The van der Waals surface area contributed by atoms with Gasteiger partial charge in [0.15, 0.2) is 0 Å². The maximum absolute atomic E-state index is 14.3. The fourth-order valence-electron chi connectivity index (χ4n) is 10.7. The van der Waals surface area contributed by atoms with Gasteiger partial charge in [0.25, 0.3) is 0 Å². The average Bonchev–Trinajstić information content (AvgIpc) is 4.36. The third kappa shape index (κ3) is 9.19. The van der Waals surface area contributed by atoms with Crippen molar-refractivity contribution >= 4 is 76.1 Å². The number of hydrogen-bond donors (Lipinski definition) is 0. The van der Waals surface area contributed by atoms with E-state index >= 15 is 0 Å². The van der Waals surface area contributed by atoms with E-state index in [4.69, 9.17) is 9.72 Å². The first-order valence-electron chi connectivity index (χ1n) is 26.7. The molecule has 0 aliphatic carbocycles. The zero-order valence-electron chi connectivity index (χ0n) is 45.4. The number of ether oxygens (including phenoxy) is 1. The number of fused-ring (bicyclic) bond motifs is 8. The second kappa shape index (κ2) is 19.6. The molecule has 5 nitrogen and oxygen atoms in total. The molecule has 8 heteroatoms. The number of aromatic nitrogens is 2. The number of para-hydroxylation sites is 2. The van der Waals surface area contributed by atoms with Crippen LogP contribution in [-0.2, 0) is 32.9 Å². The smallest absolute Gasteiger partial charge is 0.135 e. The van der Waals surface area contributed by atoms with Crippen LogP contribution in [-0.4, -0.2) is 9.55 Å². The Morgan fingerprint density at radius 2 is 1.23 bits per heavy atom. The number of nitrogens with zero attached hydrogens (tertiary/aromatic N) is 4. The van der Waals surface area contributed by atoms with Crippen molar-refractivity contribution in [3.05, 3.63) is 236 Å². The summed E-state index contributed by atoms with van der Waals surface area (Å²) < 4.78 is 44.8. The molecule has 0 spiro atoms. The van der Waals surface area contributed by atoms with Gasteiger partial charge in [-0.15, -0.1) is 59.4 Å². The van der Waals surface area contributed by atoms with E-state index in [2.05, 4.69) is 200 Å². The van der Waals surface area contributed by atoms with Crippen LogP contribution in [0.4, 0.5) is 27.1 Å². The van der Waals surface area contributed by atoms with Crippen LogP contribution in [0.2, 0.25) is 0 Å². The fourth-order valence-corrected chi connectivity index (χ4v) is 11.9. The monoisotopic (exact) mass is 1200 g/mol. The number of halogens is 1. The molecule has 12 aromatic rings. The maximum Gasteiger partial charge on any atom is 0.135 e. The van der Waals surface area contributed by atoms with Gasteiger partial charge in [-0.05, 0) is 105 Å². The zero-order chi connectivity index (χ0) is 53.7. The van der Waals surface area contributed by atoms with E-state index in [-0.39, 0.29) is 32.3 Å². The summed E-state index contributed by atoms with van der Waals surface area (Å²) in [5, 5.41) is 4.36. The number of rotatable bonds is 9. The number of hydrogen-bond acceptors (Lipinski definition) is 5. The van der Waals surface area contributed by atoms with Crippen LogP contribution in [0.15, 0.2) is 200 Å². The summed E-state index contributed by atoms with van der Waals surface area (Å²) in [6, 6.07) is 72.7. The van der Waals surface area contributed by atoms with Gasteiger partial charge in [0.1, 0.15) is 11.6 Å². The minimum Gasteiger partial charge on any atom is -0.509 e. The molecule has 4 heterocycles. The first-order chi connectivity index (χ1) is 37.6. The molecule has 0 atom stereocenters. The standard InChI is InChI=1S/C69H54FN4OS.Pt/c1-68(2,3)41-47-36-64(71-42-58(47)46-28-30-49(70)31-29-46)74-61-35-34-54-53-24-13-16-27-63(53)76-67(54)65(61)55-33-32-52(40-62(55)74)75-51-23-17-22-50(39-51)72-43-73(60-26-15-14-25-59(60)72)66-56(44-18-9-7-10-19-44)37-48(69(4,5)6)38-57(66)45-20-11-8-12-21-45;/h7-38,42-43H,41H2,1-6H3;/q-3;/i41D2;. The van der Waals surface area contributed by atoms with E-state index in [1.807, 2.05) is 45.0 Å². The van der Waals surface area contributed by atoms with Gasteiger partial charge in [0.05, 0.1) is 0 Å². The molecule has 9 aromatic carbocycles. The summed E-state index contributed by atoms with van der Waals surface area (Å²) >= 11 is 1.76.